The third-order valence-corrected chi connectivity index (χ3v) is 3.58. The van der Waals surface area contributed by atoms with E-state index in [0.717, 1.165) is 12.8 Å². The lowest BCUT2D eigenvalue weighted by molar-refractivity contribution is -0.121. The van der Waals surface area contributed by atoms with Crippen LogP contribution in [-0.2, 0) is 14.3 Å². The fraction of sp³-hybridized carbons (Fsp3) is 0.533. The average molecular weight is 248 g/mol. The highest BCUT2D eigenvalue weighted by Crippen LogP contribution is 2.45. The van der Waals surface area contributed by atoms with Crippen LogP contribution in [0.3, 0.4) is 0 Å². The van der Waals surface area contributed by atoms with Crippen molar-refractivity contribution >= 4 is 5.78 Å². The zero-order valence-electron chi connectivity index (χ0n) is 11.2. The number of ketones is 1. The fourth-order valence-electron chi connectivity index (χ4n) is 2.29. The van der Waals surface area contributed by atoms with Crippen molar-refractivity contribution < 1.29 is 14.3 Å². The van der Waals surface area contributed by atoms with Gasteiger partial charge in [0.15, 0.2) is 6.10 Å². The molecule has 3 atom stereocenters. The van der Waals surface area contributed by atoms with Crippen LogP contribution >= 0.6 is 0 Å². The Balaban J connectivity index is 1.86. The van der Waals surface area contributed by atoms with E-state index in [1.807, 2.05) is 19.9 Å². The predicted octanol–water partition coefficient (Wildman–Crippen LogP) is 2.93. The SMILES string of the molecule is C=C/C(C)=C/CC[C@]1(C)O[C@@H]1[C@H]1OC(C)=CC1=O. The molecule has 18 heavy (non-hydrogen) atoms. The minimum atomic E-state index is -0.431. The molecule has 0 unspecified atom stereocenters. The van der Waals surface area contributed by atoms with Crippen LogP contribution in [0.4, 0.5) is 0 Å². The van der Waals surface area contributed by atoms with E-state index in [9.17, 15) is 4.79 Å². The van der Waals surface area contributed by atoms with Gasteiger partial charge in [0, 0.05) is 6.08 Å². The minimum absolute atomic E-state index is 0.0269. The van der Waals surface area contributed by atoms with Crippen LogP contribution in [0, 0.1) is 0 Å². The summed E-state index contributed by atoms with van der Waals surface area (Å²) in [4.78, 5) is 11.7. The minimum Gasteiger partial charge on any atom is -0.484 e. The zero-order valence-corrected chi connectivity index (χ0v) is 11.2. The Morgan fingerprint density at radius 2 is 2.33 bits per heavy atom. The summed E-state index contributed by atoms with van der Waals surface area (Å²) in [5.74, 6) is 0.712. The van der Waals surface area contributed by atoms with Crippen molar-refractivity contribution in [2.24, 2.45) is 0 Å². The Hall–Kier alpha value is -1.35. The van der Waals surface area contributed by atoms with Crippen LogP contribution in [0.15, 0.2) is 36.1 Å². The fourth-order valence-corrected chi connectivity index (χ4v) is 2.29. The monoisotopic (exact) mass is 248 g/mol. The lowest BCUT2D eigenvalue weighted by Crippen LogP contribution is -2.28. The van der Waals surface area contributed by atoms with E-state index in [1.165, 1.54) is 5.57 Å². The Labute approximate surface area is 108 Å². The molecule has 2 heterocycles. The van der Waals surface area contributed by atoms with E-state index < -0.39 is 6.10 Å². The number of rotatable bonds is 5. The first-order valence-corrected chi connectivity index (χ1v) is 6.32. The summed E-state index contributed by atoms with van der Waals surface area (Å²) in [5.41, 5.74) is 0.943. The maximum absolute atomic E-state index is 11.7. The Kier molecular flexibility index (Phi) is 3.44. The molecule has 0 N–H and O–H groups in total. The first-order valence-electron chi connectivity index (χ1n) is 6.32. The Morgan fingerprint density at radius 3 is 2.89 bits per heavy atom. The number of ether oxygens (including phenoxy) is 2. The summed E-state index contributed by atoms with van der Waals surface area (Å²) >= 11 is 0. The van der Waals surface area contributed by atoms with Gasteiger partial charge in [0.05, 0.1) is 11.4 Å². The Bertz CT molecular complexity index is 433. The molecule has 1 fully saturated rings. The number of epoxide rings is 1. The number of carbonyl (C=O) groups is 1. The molecule has 0 bridgehead atoms. The molecule has 0 aromatic heterocycles. The molecule has 0 spiro atoms. The molecule has 0 saturated carbocycles. The van der Waals surface area contributed by atoms with Crippen molar-refractivity contribution in [2.75, 3.05) is 0 Å². The molecule has 3 nitrogen and oxygen atoms in total. The number of hydrogen-bond acceptors (Lipinski definition) is 3. The van der Waals surface area contributed by atoms with Crippen LogP contribution < -0.4 is 0 Å². The molecule has 0 radical (unpaired) electrons. The summed E-state index contributed by atoms with van der Waals surface area (Å²) < 4.78 is 11.2. The van der Waals surface area contributed by atoms with E-state index in [4.69, 9.17) is 9.47 Å². The Morgan fingerprint density at radius 1 is 1.61 bits per heavy atom. The molecule has 0 amide bonds. The quantitative estimate of drug-likeness (QED) is 0.554. The van der Waals surface area contributed by atoms with Crippen molar-refractivity contribution in [3.05, 3.63) is 36.1 Å². The molecular formula is C15H20O3. The van der Waals surface area contributed by atoms with Crippen LogP contribution in [0.2, 0.25) is 0 Å². The van der Waals surface area contributed by atoms with Crippen molar-refractivity contribution in [3.8, 4) is 0 Å². The zero-order chi connectivity index (χ0) is 13.3. The first-order chi connectivity index (χ1) is 8.46. The topological polar surface area (TPSA) is 38.8 Å². The largest absolute Gasteiger partial charge is 0.484 e. The van der Waals surface area contributed by atoms with Crippen molar-refractivity contribution in [3.63, 3.8) is 0 Å². The third-order valence-electron chi connectivity index (χ3n) is 3.58. The van der Waals surface area contributed by atoms with Gasteiger partial charge in [-0.3, -0.25) is 4.79 Å². The molecular weight excluding hydrogens is 228 g/mol. The molecule has 2 rings (SSSR count). The molecule has 3 heteroatoms. The second-order valence-electron chi connectivity index (χ2n) is 5.24. The summed E-state index contributed by atoms with van der Waals surface area (Å²) in [5, 5.41) is 0. The molecule has 0 aromatic rings. The molecule has 1 saturated heterocycles. The summed E-state index contributed by atoms with van der Waals surface area (Å²) in [6.45, 7) is 9.58. The lowest BCUT2D eigenvalue weighted by atomic mass is 9.96. The van der Waals surface area contributed by atoms with Crippen molar-refractivity contribution in [1.82, 2.24) is 0 Å². The second-order valence-corrected chi connectivity index (χ2v) is 5.24. The van der Waals surface area contributed by atoms with Gasteiger partial charge in [0.1, 0.15) is 6.10 Å². The van der Waals surface area contributed by atoms with E-state index in [-0.39, 0.29) is 17.5 Å². The maximum Gasteiger partial charge on any atom is 0.202 e. The van der Waals surface area contributed by atoms with Gasteiger partial charge in [0.25, 0.3) is 0 Å². The first kappa shape index (κ1) is 13.1. The third kappa shape index (κ3) is 2.56. The van der Waals surface area contributed by atoms with Crippen LogP contribution in [0.5, 0.6) is 0 Å². The van der Waals surface area contributed by atoms with E-state index in [0.29, 0.717) is 5.76 Å². The van der Waals surface area contributed by atoms with Gasteiger partial charge in [-0.15, -0.1) is 0 Å². The highest BCUT2D eigenvalue weighted by Gasteiger charge is 2.59. The number of allylic oxidation sites excluding steroid dienone is 4. The number of hydrogen-bond donors (Lipinski definition) is 0. The average Bonchev–Trinajstić information content (AvgIpc) is 2.85. The van der Waals surface area contributed by atoms with Crippen LogP contribution in [0.1, 0.15) is 33.6 Å². The van der Waals surface area contributed by atoms with Gasteiger partial charge >= 0.3 is 0 Å². The van der Waals surface area contributed by atoms with Gasteiger partial charge in [0.2, 0.25) is 5.78 Å². The molecule has 0 aromatic carbocycles. The van der Waals surface area contributed by atoms with E-state index >= 15 is 0 Å². The molecule has 0 aliphatic carbocycles. The van der Waals surface area contributed by atoms with Gasteiger partial charge < -0.3 is 9.47 Å². The summed E-state index contributed by atoms with van der Waals surface area (Å²) in [7, 11) is 0. The van der Waals surface area contributed by atoms with Gasteiger partial charge in [-0.1, -0.05) is 24.3 Å². The van der Waals surface area contributed by atoms with Crippen molar-refractivity contribution in [1.29, 1.82) is 0 Å². The van der Waals surface area contributed by atoms with Crippen molar-refractivity contribution in [2.45, 2.75) is 51.4 Å². The number of carbonyl (C=O) groups excluding carboxylic acids is 1. The second kappa shape index (κ2) is 4.73. The van der Waals surface area contributed by atoms with Gasteiger partial charge in [-0.25, -0.2) is 0 Å². The summed E-state index contributed by atoms with van der Waals surface area (Å²) in [6, 6.07) is 0. The molecule has 2 aliphatic heterocycles. The highest BCUT2D eigenvalue weighted by atomic mass is 16.6. The highest BCUT2D eigenvalue weighted by molar-refractivity contribution is 5.96. The molecule has 2 aliphatic rings. The lowest BCUT2D eigenvalue weighted by Gasteiger charge is -2.10. The van der Waals surface area contributed by atoms with Gasteiger partial charge in [-0.05, 0) is 33.6 Å². The normalized spacial score (nSPS) is 35.2. The van der Waals surface area contributed by atoms with Crippen LogP contribution in [-0.4, -0.2) is 23.6 Å². The van der Waals surface area contributed by atoms with Crippen LogP contribution in [0.25, 0.3) is 0 Å². The van der Waals surface area contributed by atoms with E-state index in [2.05, 4.69) is 12.7 Å². The maximum atomic E-state index is 11.7. The molecule has 98 valence electrons. The summed E-state index contributed by atoms with van der Waals surface area (Å²) in [6.07, 6.45) is 6.82. The standard InChI is InChI=1S/C15H20O3/c1-5-10(2)7-6-8-15(4)14(18-15)13-12(16)9-11(3)17-13/h5,7,9,13-14H,1,6,8H2,2-4H3/b10-7+/t13-,14+,15-/m0/s1. The van der Waals surface area contributed by atoms with E-state index in [1.54, 1.807) is 13.0 Å². The smallest absolute Gasteiger partial charge is 0.202 e. The van der Waals surface area contributed by atoms with Gasteiger partial charge in [-0.2, -0.15) is 0 Å². The predicted molar refractivity (Wildman–Crippen MR) is 70.1 cm³/mol.